The van der Waals surface area contributed by atoms with Gasteiger partial charge in [0.2, 0.25) is 5.91 Å². The second-order valence-corrected chi connectivity index (χ2v) is 5.10. The molecule has 2 N–H and O–H groups in total. The topological polar surface area (TPSA) is 50.4 Å². The highest BCUT2D eigenvalue weighted by molar-refractivity contribution is 5.81. The zero-order valence-corrected chi connectivity index (χ0v) is 11.8. The molecule has 1 atom stereocenters. The van der Waals surface area contributed by atoms with Crippen LogP contribution < -0.4 is 15.4 Å². The van der Waals surface area contributed by atoms with Crippen molar-refractivity contribution in [2.24, 2.45) is 0 Å². The Labute approximate surface area is 122 Å². The maximum Gasteiger partial charge on any atom is 0.387 e. The maximum atomic E-state index is 12.0. The van der Waals surface area contributed by atoms with E-state index in [9.17, 15) is 13.6 Å². The van der Waals surface area contributed by atoms with Crippen molar-refractivity contribution in [2.75, 3.05) is 6.54 Å². The van der Waals surface area contributed by atoms with Crippen LogP contribution in [0.5, 0.6) is 5.75 Å². The Morgan fingerprint density at radius 1 is 1.29 bits per heavy atom. The lowest BCUT2D eigenvalue weighted by atomic mass is 10.1. The Kier molecular flexibility index (Phi) is 5.92. The van der Waals surface area contributed by atoms with Gasteiger partial charge in [-0.1, -0.05) is 25.0 Å². The van der Waals surface area contributed by atoms with Crippen LogP contribution in [-0.4, -0.2) is 25.1 Å². The van der Waals surface area contributed by atoms with E-state index in [0.717, 1.165) is 37.8 Å². The van der Waals surface area contributed by atoms with Crippen LogP contribution in [0.3, 0.4) is 0 Å². The summed E-state index contributed by atoms with van der Waals surface area (Å²) in [4.78, 5) is 12.0. The number of carbonyl (C=O) groups excluding carboxylic acids is 1. The molecule has 1 amide bonds. The molecule has 0 aliphatic carbocycles. The number of carbonyl (C=O) groups is 1. The van der Waals surface area contributed by atoms with Gasteiger partial charge in [0, 0.05) is 6.54 Å². The van der Waals surface area contributed by atoms with Crippen molar-refractivity contribution in [3.05, 3.63) is 29.8 Å². The Morgan fingerprint density at radius 2 is 2.05 bits per heavy atom. The van der Waals surface area contributed by atoms with E-state index in [0.29, 0.717) is 6.54 Å². The fraction of sp³-hybridized carbons (Fsp3) is 0.533. The summed E-state index contributed by atoms with van der Waals surface area (Å²) in [6.07, 6.45) is 4.18. The molecule has 6 heteroatoms. The molecular formula is C15H20F2N2O2. The molecule has 0 aromatic heterocycles. The molecule has 1 aliphatic rings. The van der Waals surface area contributed by atoms with E-state index in [1.165, 1.54) is 12.1 Å². The van der Waals surface area contributed by atoms with E-state index in [-0.39, 0.29) is 17.7 Å². The molecular weight excluding hydrogens is 278 g/mol. The number of amides is 1. The predicted molar refractivity (Wildman–Crippen MR) is 75.2 cm³/mol. The molecule has 1 aromatic carbocycles. The molecule has 1 aromatic rings. The Balaban J connectivity index is 1.80. The molecule has 4 nitrogen and oxygen atoms in total. The number of benzene rings is 1. The smallest absolute Gasteiger partial charge is 0.387 e. The van der Waals surface area contributed by atoms with Crippen molar-refractivity contribution < 1.29 is 18.3 Å². The van der Waals surface area contributed by atoms with Gasteiger partial charge in [0.25, 0.3) is 0 Å². The number of halogens is 2. The van der Waals surface area contributed by atoms with Crippen LogP contribution in [0.1, 0.15) is 31.2 Å². The summed E-state index contributed by atoms with van der Waals surface area (Å²) in [5.74, 6) is 0.107. The fourth-order valence-corrected chi connectivity index (χ4v) is 2.35. The van der Waals surface area contributed by atoms with Crippen molar-refractivity contribution in [3.8, 4) is 5.75 Å². The molecule has 1 unspecified atom stereocenters. The van der Waals surface area contributed by atoms with Crippen LogP contribution in [0, 0.1) is 0 Å². The molecule has 116 valence electrons. The molecule has 0 saturated carbocycles. The van der Waals surface area contributed by atoms with E-state index in [4.69, 9.17) is 0 Å². The normalized spacial score (nSPS) is 19.1. The Hall–Kier alpha value is -1.69. The maximum absolute atomic E-state index is 12.0. The molecule has 1 saturated heterocycles. The van der Waals surface area contributed by atoms with Crippen LogP contribution in [0.4, 0.5) is 8.78 Å². The first-order chi connectivity index (χ1) is 10.1. The quantitative estimate of drug-likeness (QED) is 0.878. The molecule has 2 rings (SSSR count). The molecule has 0 spiro atoms. The molecule has 0 radical (unpaired) electrons. The van der Waals surface area contributed by atoms with Crippen molar-refractivity contribution in [2.45, 2.75) is 44.9 Å². The second kappa shape index (κ2) is 7.93. The van der Waals surface area contributed by atoms with Crippen molar-refractivity contribution in [1.29, 1.82) is 0 Å². The van der Waals surface area contributed by atoms with E-state index < -0.39 is 6.61 Å². The molecule has 1 aliphatic heterocycles. The van der Waals surface area contributed by atoms with Crippen LogP contribution in [0.2, 0.25) is 0 Å². The highest BCUT2D eigenvalue weighted by atomic mass is 19.3. The third-order valence-electron chi connectivity index (χ3n) is 3.49. The zero-order valence-electron chi connectivity index (χ0n) is 11.8. The number of alkyl halides is 2. The summed E-state index contributed by atoms with van der Waals surface area (Å²) in [6.45, 7) is -1.57. The largest absolute Gasteiger partial charge is 0.435 e. The third kappa shape index (κ3) is 5.30. The number of hydrogen-bond acceptors (Lipinski definition) is 3. The fourth-order valence-electron chi connectivity index (χ4n) is 2.35. The average molecular weight is 298 g/mol. The second-order valence-electron chi connectivity index (χ2n) is 5.10. The van der Waals surface area contributed by atoms with Crippen LogP contribution >= 0.6 is 0 Å². The van der Waals surface area contributed by atoms with Gasteiger partial charge in [-0.05, 0) is 37.1 Å². The van der Waals surface area contributed by atoms with Gasteiger partial charge in [-0.2, -0.15) is 8.78 Å². The molecule has 1 heterocycles. The minimum atomic E-state index is -2.82. The lowest BCUT2D eigenvalue weighted by molar-refractivity contribution is -0.123. The number of ether oxygens (including phenoxy) is 1. The van der Waals surface area contributed by atoms with Crippen molar-refractivity contribution in [3.63, 3.8) is 0 Å². The monoisotopic (exact) mass is 298 g/mol. The van der Waals surface area contributed by atoms with Gasteiger partial charge in [-0.15, -0.1) is 0 Å². The SMILES string of the molecule is O=C(NCc1ccc(OC(F)F)cc1)C1CCCCCN1. The van der Waals surface area contributed by atoms with E-state index >= 15 is 0 Å². The van der Waals surface area contributed by atoms with E-state index in [1.807, 2.05) is 0 Å². The predicted octanol–water partition coefficient (Wildman–Crippen LogP) is 2.44. The number of nitrogens with one attached hydrogen (secondary N) is 2. The summed E-state index contributed by atoms with van der Waals surface area (Å²) in [5, 5.41) is 6.10. The first-order valence-corrected chi connectivity index (χ1v) is 7.20. The van der Waals surface area contributed by atoms with Gasteiger partial charge in [0.05, 0.1) is 6.04 Å². The highest BCUT2D eigenvalue weighted by Gasteiger charge is 2.18. The first-order valence-electron chi connectivity index (χ1n) is 7.20. The van der Waals surface area contributed by atoms with Crippen LogP contribution in [-0.2, 0) is 11.3 Å². The number of rotatable bonds is 5. The summed E-state index contributed by atoms with van der Waals surface area (Å²) >= 11 is 0. The van der Waals surface area contributed by atoms with Crippen molar-refractivity contribution >= 4 is 5.91 Å². The zero-order chi connectivity index (χ0) is 15.1. The summed E-state index contributed by atoms with van der Waals surface area (Å²) in [5.41, 5.74) is 0.846. The van der Waals surface area contributed by atoms with E-state index in [1.54, 1.807) is 12.1 Å². The molecule has 1 fully saturated rings. The Morgan fingerprint density at radius 3 is 2.76 bits per heavy atom. The van der Waals surface area contributed by atoms with Gasteiger partial charge in [0.15, 0.2) is 0 Å². The highest BCUT2D eigenvalue weighted by Crippen LogP contribution is 2.15. The Bertz CT molecular complexity index is 443. The van der Waals surface area contributed by atoms with Gasteiger partial charge >= 0.3 is 6.61 Å². The van der Waals surface area contributed by atoms with Gasteiger partial charge in [0.1, 0.15) is 5.75 Å². The molecule has 0 bridgehead atoms. The molecule has 21 heavy (non-hydrogen) atoms. The third-order valence-corrected chi connectivity index (χ3v) is 3.49. The lowest BCUT2D eigenvalue weighted by Crippen LogP contribution is -2.43. The van der Waals surface area contributed by atoms with Gasteiger partial charge in [-0.3, -0.25) is 4.79 Å². The number of hydrogen-bond donors (Lipinski definition) is 2. The van der Waals surface area contributed by atoms with Crippen molar-refractivity contribution in [1.82, 2.24) is 10.6 Å². The van der Waals surface area contributed by atoms with Crippen LogP contribution in [0.25, 0.3) is 0 Å². The minimum Gasteiger partial charge on any atom is -0.435 e. The standard InChI is InChI=1S/C15H20F2N2O2/c16-15(17)21-12-7-5-11(6-8-12)10-19-14(20)13-4-2-1-3-9-18-13/h5-8,13,15,18H,1-4,9-10H2,(H,19,20). The minimum absolute atomic E-state index is 0.00944. The van der Waals surface area contributed by atoms with Gasteiger partial charge < -0.3 is 15.4 Å². The first kappa shape index (κ1) is 15.7. The lowest BCUT2D eigenvalue weighted by Gasteiger charge is -2.15. The summed E-state index contributed by atoms with van der Waals surface area (Å²) < 4.78 is 28.3. The van der Waals surface area contributed by atoms with E-state index in [2.05, 4.69) is 15.4 Å². The summed E-state index contributed by atoms with van der Waals surface area (Å²) in [6, 6.07) is 6.14. The van der Waals surface area contributed by atoms with Crippen LogP contribution in [0.15, 0.2) is 24.3 Å². The van der Waals surface area contributed by atoms with Gasteiger partial charge in [-0.25, -0.2) is 0 Å². The summed E-state index contributed by atoms with van der Waals surface area (Å²) in [7, 11) is 0. The average Bonchev–Trinajstić information content (AvgIpc) is 2.75.